The van der Waals surface area contributed by atoms with E-state index < -0.39 is 20.9 Å². The quantitative estimate of drug-likeness (QED) is 0.874. The first-order chi connectivity index (χ1) is 10.8. The van der Waals surface area contributed by atoms with E-state index in [4.69, 9.17) is 0 Å². The second-order valence-electron chi connectivity index (χ2n) is 5.46. The van der Waals surface area contributed by atoms with E-state index in [-0.39, 0.29) is 49.2 Å². The van der Waals surface area contributed by atoms with Gasteiger partial charge in [-0.1, -0.05) is 18.2 Å². The lowest BCUT2D eigenvalue weighted by atomic mass is 10.1. The van der Waals surface area contributed by atoms with Crippen LogP contribution in [0.4, 0.5) is 4.39 Å². The first-order valence-electron chi connectivity index (χ1n) is 7.29. The second kappa shape index (κ2) is 7.08. The highest BCUT2D eigenvalue weighted by atomic mass is 32.2. The summed E-state index contributed by atoms with van der Waals surface area (Å²) in [4.78, 5) is 24.3. The number of halogens is 1. The van der Waals surface area contributed by atoms with Crippen LogP contribution in [0.3, 0.4) is 0 Å². The number of benzene rings is 1. The molecule has 0 radical (unpaired) electrons. The highest BCUT2D eigenvalue weighted by molar-refractivity contribution is 7.91. The molecular weight excluding hydrogens is 323 g/mol. The average Bonchev–Trinajstić information content (AvgIpc) is 2.64. The highest BCUT2D eigenvalue weighted by Gasteiger charge is 2.33. The van der Waals surface area contributed by atoms with Crippen molar-refractivity contribution in [3.63, 3.8) is 0 Å². The van der Waals surface area contributed by atoms with E-state index in [0.29, 0.717) is 0 Å². The monoisotopic (exact) mass is 342 g/mol. The largest absolute Gasteiger partial charge is 0.347 e. The molecule has 1 saturated heterocycles. The van der Waals surface area contributed by atoms with Gasteiger partial charge in [0.1, 0.15) is 5.82 Å². The van der Waals surface area contributed by atoms with Crippen molar-refractivity contribution >= 4 is 21.7 Å². The summed E-state index contributed by atoms with van der Waals surface area (Å²) in [5, 5.41) is 1.44. The molecule has 1 aromatic carbocycles. The molecule has 2 amide bonds. The molecule has 1 atom stereocenters. The normalized spacial score (nSPS) is 20.6. The van der Waals surface area contributed by atoms with Gasteiger partial charge in [-0.25, -0.2) is 12.8 Å². The fraction of sp³-hybridized carbons (Fsp3) is 0.467. The first kappa shape index (κ1) is 17.4. The molecule has 1 aliphatic heterocycles. The van der Waals surface area contributed by atoms with E-state index in [0.717, 1.165) is 0 Å². The van der Waals surface area contributed by atoms with Crippen molar-refractivity contribution in [2.45, 2.75) is 18.6 Å². The van der Waals surface area contributed by atoms with Crippen LogP contribution >= 0.6 is 0 Å². The third-order valence-corrected chi connectivity index (χ3v) is 5.94. The van der Waals surface area contributed by atoms with Crippen molar-refractivity contribution in [3.8, 4) is 0 Å². The molecule has 1 N–H and O–H groups in total. The predicted molar refractivity (Wildman–Crippen MR) is 82.8 cm³/mol. The van der Waals surface area contributed by atoms with Crippen LogP contribution in [0.1, 0.15) is 24.2 Å². The average molecular weight is 342 g/mol. The van der Waals surface area contributed by atoms with Crippen molar-refractivity contribution in [2.24, 2.45) is 0 Å². The summed E-state index contributed by atoms with van der Waals surface area (Å²) >= 11 is 0. The van der Waals surface area contributed by atoms with Crippen LogP contribution in [-0.4, -0.2) is 50.5 Å². The summed E-state index contributed by atoms with van der Waals surface area (Å²) in [6.07, 6.45) is 0.134. The molecule has 0 saturated carbocycles. The molecule has 1 aromatic rings. The summed E-state index contributed by atoms with van der Waals surface area (Å²) in [6, 6.07) is 5.80. The smallest absolute Gasteiger partial charge is 0.241 e. The van der Waals surface area contributed by atoms with Gasteiger partial charge in [0.05, 0.1) is 17.5 Å². The Morgan fingerprint density at radius 2 is 2.00 bits per heavy atom. The second-order valence-corrected chi connectivity index (χ2v) is 7.76. The van der Waals surface area contributed by atoms with Crippen LogP contribution in [0.5, 0.6) is 0 Å². The number of nitrogens with zero attached hydrogens (tertiary/aromatic N) is 1. The van der Waals surface area contributed by atoms with Gasteiger partial charge in [0.15, 0.2) is 9.84 Å². The Bertz CT molecular complexity index is 705. The van der Waals surface area contributed by atoms with Gasteiger partial charge < -0.3 is 10.2 Å². The summed E-state index contributed by atoms with van der Waals surface area (Å²) in [5.41, 5.74) is 0.142. The molecule has 1 aliphatic rings. The lowest BCUT2D eigenvalue weighted by molar-refractivity contribution is -0.132. The first-order valence-corrected chi connectivity index (χ1v) is 9.01. The molecule has 0 bridgehead atoms. The molecule has 0 aliphatic carbocycles. The van der Waals surface area contributed by atoms with Crippen molar-refractivity contribution in [1.82, 2.24) is 10.2 Å². The molecule has 8 heteroatoms. The van der Waals surface area contributed by atoms with E-state index in [2.05, 4.69) is 5.32 Å². The van der Waals surface area contributed by atoms with Gasteiger partial charge in [-0.3, -0.25) is 9.59 Å². The number of amides is 2. The number of carbonyl (C=O) groups is 2. The molecule has 0 spiro atoms. The van der Waals surface area contributed by atoms with Crippen LogP contribution < -0.4 is 5.32 Å². The van der Waals surface area contributed by atoms with Gasteiger partial charge in [-0.05, 0) is 12.5 Å². The van der Waals surface area contributed by atoms with Crippen LogP contribution in [0.2, 0.25) is 0 Å². The Morgan fingerprint density at radius 3 is 2.65 bits per heavy atom. The fourth-order valence-electron chi connectivity index (χ4n) is 2.59. The van der Waals surface area contributed by atoms with E-state index in [1.807, 2.05) is 0 Å². The van der Waals surface area contributed by atoms with Crippen LogP contribution in [0, 0.1) is 5.82 Å². The molecule has 126 valence electrons. The Balaban J connectivity index is 2.15. The van der Waals surface area contributed by atoms with Crippen LogP contribution in [0.25, 0.3) is 0 Å². The van der Waals surface area contributed by atoms with E-state index in [1.54, 1.807) is 6.07 Å². The molecular formula is C15H19FN2O4S. The zero-order valence-corrected chi connectivity index (χ0v) is 13.6. The van der Waals surface area contributed by atoms with Crippen molar-refractivity contribution in [1.29, 1.82) is 0 Å². The SMILES string of the molecule is CC(=O)NCC(=O)N1CC[C@@H](c2ccccc2F)S(=O)(=O)CC1. The third-order valence-electron chi connectivity index (χ3n) is 3.83. The molecule has 0 unspecified atom stereocenters. The summed E-state index contributed by atoms with van der Waals surface area (Å²) in [5.74, 6) is -1.45. The predicted octanol–water partition coefficient (Wildman–Crippen LogP) is 0.650. The maximum absolute atomic E-state index is 13.9. The minimum absolute atomic E-state index is 0.0473. The van der Waals surface area contributed by atoms with Gasteiger partial charge in [-0.15, -0.1) is 0 Å². The molecule has 23 heavy (non-hydrogen) atoms. The number of rotatable bonds is 3. The van der Waals surface area contributed by atoms with Gasteiger partial charge in [0.2, 0.25) is 11.8 Å². The minimum atomic E-state index is -3.55. The number of hydrogen-bond donors (Lipinski definition) is 1. The molecule has 1 fully saturated rings. The van der Waals surface area contributed by atoms with Crippen LogP contribution in [0.15, 0.2) is 24.3 Å². The maximum Gasteiger partial charge on any atom is 0.241 e. The molecule has 2 rings (SSSR count). The third kappa shape index (κ3) is 4.28. The Labute approximate surface area is 134 Å². The van der Waals surface area contributed by atoms with Gasteiger partial charge in [0, 0.05) is 25.6 Å². The Kier molecular flexibility index (Phi) is 5.35. The summed E-state index contributed by atoms with van der Waals surface area (Å²) < 4.78 is 38.8. The lowest BCUT2D eigenvalue weighted by Gasteiger charge is -2.20. The van der Waals surface area contributed by atoms with Gasteiger partial charge >= 0.3 is 0 Å². The topological polar surface area (TPSA) is 83.6 Å². The van der Waals surface area contributed by atoms with Crippen LogP contribution in [-0.2, 0) is 19.4 Å². The molecule has 6 nitrogen and oxygen atoms in total. The standard InChI is InChI=1S/C15H19FN2O4S/c1-11(19)17-10-15(20)18-7-6-14(23(21,22)9-8-18)12-4-2-3-5-13(12)16/h2-5,14H,6-10H2,1H3,(H,17,19)/t14-/m0/s1. The van der Waals surface area contributed by atoms with E-state index in [9.17, 15) is 22.4 Å². The Morgan fingerprint density at radius 1 is 1.30 bits per heavy atom. The number of hydrogen-bond acceptors (Lipinski definition) is 4. The minimum Gasteiger partial charge on any atom is -0.347 e. The summed E-state index contributed by atoms with van der Waals surface area (Å²) in [6.45, 7) is 1.39. The number of sulfone groups is 1. The van der Waals surface area contributed by atoms with Crippen molar-refractivity contribution < 1.29 is 22.4 Å². The zero-order valence-electron chi connectivity index (χ0n) is 12.8. The fourth-order valence-corrected chi connectivity index (χ4v) is 4.39. The zero-order chi connectivity index (χ0) is 17.0. The van der Waals surface area contributed by atoms with Crippen molar-refractivity contribution in [2.75, 3.05) is 25.4 Å². The van der Waals surface area contributed by atoms with E-state index in [1.165, 1.54) is 30.0 Å². The maximum atomic E-state index is 13.9. The highest BCUT2D eigenvalue weighted by Crippen LogP contribution is 2.31. The lowest BCUT2D eigenvalue weighted by Crippen LogP contribution is -2.40. The molecule has 0 aromatic heterocycles. The number of nitrogens with one attached hydrogen (secondary N) is 1. The summed E-state index contributed by atoms with van der Waals surface area (Å²) in [7, 11) is -3.55. The molecule has 1 heterocycles. The van der Waals surface area contributed by atoms with Gasteiger partial charge in [-0.2, -0.15) is 0 Å². The number of carbonyl (C=O) groups excluding carboxylic acids is 2. The van der Waals surface area contributed by atoms with Crippen molar-refractivity contribution in [3.05, 3.63) is 35.6 Å². The van der Waals surface area contributed by atoms with E-state index >= 15 is 0 Å². The Hall–Kier alpha value is -1.96. The van der Waals surface area contributed by atoms with Gasteiger partial charge in [0.25, 0.3) is 0 Å².